The number of anilines is 1. The third-order valence-electron chi connectivity index (χ3n) is 4.30. The summed E-state index contributed by atoms with van der Waals surface area (Å²) < 4.78 is 0. The van der Waals surface area contributed by atoms with Crippen molar-refractivity contribution in [3.05, 3.63) is 47.8 Å². The number of benzene rings is 2. The summed E-state index contributed by atoms with van der Waals surface area (Å²) in [6, 6.07) is 12.5. The Bertz CT molecular complexity index is 665. The second-order valence-corrected chi connectivity index (χ2v) is 6.00. The van der Waals surface area contributed by atoms with Crippen molar-refractivity contribution in [3.8, 4) is 0 Å². The van der Waals surface area contributed by atoms with Crippen molar-refractivity contribution in [3.63, 3.8) is 0 Å². The van der Waals surface area contributed by atoms with Crippen LogP contribution in [0.25, 0.3) is 15.6 Å². The molecular formula is C19H22N2. The van der Waals surface area contributed by atoms with Crippen molar-refractivity contribution >= 4 is 22.1 Å². The summed E-state index contributed by atoms with van der Waals surface area (Å²) in [7, 11) is 0. The van der Waals surface area contributed by atoms with E-state index in [1.165, 1.54) is 43.3 Å². The molecule has 0 radical (unpaired) electrons. The Morgan fingerprint density at radius 2 is 1.90 bits per heavy atom. The largest absolute Gasteiger partial charge is 0.371 e. The van der Waals surface area contributed by atoms with Gasteiger partial charge in [-0.2, -0.15) is 0 Å². The van der Waals surface area contributed by atoms with Crippen LogP contribution >= 0.6 is 0 Å². The van der Waals surface area contributed by atoms with Gasteiger partial charge in [-0.25, -0.2) is 4.85 Å². The average molecular weight is 278 g/mol. The molecule has 3 rings (SSSR count). The molecule has 0 atom stereocenters. The molecule has 0 bridgehead atoms. The molecule has 0 amide bonds. The van der Waals surface area contributed by atoms with Crippen LogP contribution in [0, 0.1) is 12.5 Å². The lowest BCUT2D eigenvalue weighted by molar-refractivity contribution is 0.680. The summed E-state index contributed by atoms with van der Waals surface area (Å²) in [6.45, 7) is 11.9. The Morgan fingerprint density at radius 1 is 1.14 bits per heavy atom. The smallest absolute Gasteiger partial charge is 0.195 e. The SMILES string of the molecule is [C-]#[N+]c1ccc(N(CCCC)CC2CC2)c2ccccc12. The van der Waals surface area contributed by atoms with Crippen LogP contribution in [-0.2, 0) is 0 Å². The van der Waals surface area contributed by atoms with Gasteiger partial charge in [0.15, 0.2) is 5.69 Å². The first-order chi connectivity index (χ1) is 10.3. The molecular weight excluding hydrogens is 256 g/mol. The van der Waals surface area contributed by atoms with E-state index in [9.17, 15) is 0 Å². The van der Waals surface area contributed by atoms with Crippen molar-refractivity contribution in [1.29, 1.82) is 0 Å². The van der Waals surface area contributed by atoms with Crippen LogP contribution in [0.15, 0.2) is 36.4 Å². The molecule has 0 aliphatic heterocycles. The summed E-state index contributed by atoms with van der Waals surface area (Å²) in [5, 5.41) is 2.31. The maximum atomic E-state index is 7.35. The van der Waals surface area contributed by atoms with E-state index in [0.717, 1.165) is 23.5 Å². The van der Waals surface area contributed by atoms with Crippen molar-refractivity contribution in [2.45, 2.75) is 32.6 Å². The van der Waals surface area contributed by atoms with Gasteiger partial charge in [0, 0.05) is 18.8 Å². The lowest BCUT2D eigenvalue weighted by Crippen LogP contribution is -2.27. The monoisotopic (exact) mass is 278 g/mol. The highest BCUT2D eigenvalue weighted by atomic mass is 15.1. The minimum Gasteiger partial charge on any atom is -0.371 e. The molecule has 2 heteroatoms. The van der Waals surface area contributed by atoms with Crippen LogP contribution in [0.3, 0.4) is 0 Å². The van der Waals surface area contributed by atoms with Crippen LogP contribution in [0.1, 0.15) is 32.6 Å². The lowest BCUT2D eigenvalue weighted by atomic mass is 10.1. The van der Waals surface area contributed by atoms with Crippen LogP contribution < -0.4 is 4.90 Å². The molecule has 0 saturated heterocycles. The highest BCUT2D eigenvalue weighted by Crippen LogP contribution is 2.37. The number of hydrogen-bond donors (Lipinski definition) is 0. The van der Waals surface area contributed by atoms with Gasteiger partial charge in [0.2, 0.25) is 0 Å². The van der Waals surface area contributed by atoms with E-state index in [2.05, 4.69) is 40.9 Å². The normalized spacial score (nSPS) is 14.1. The molecule has 2 aromatic rings. The van der Waals surface area contributed by atoms with Crippen molar-refractivity contribution < 1.29 is 0 Å². The van der Waals surface area contributed by atoms with Gasteiger partial charge in [0.25, 0.3) is 0 Å². The molecule has 0 aromatic heterocycles. The van der Waals surface area contributed by atoms with E-state index in [4.69, 9.17) is 6.57 Å². The van der Waals surface area contributed by atoms with Gasteiger partial charge in [-0.15, -0.1) is 0 Å². The van der Waals surface area contributed by atoms with Crippen LogP contribution in [0.4, 0.5) is 11.4 Å². The van der Waals surface area contributed by atoms with E-state index in [1.54, 1.807) is 0 Å². The minimum absolute atomic E-state index is 0.760. The second kappa shape index (κ2) is 6.18. The molecule has 0 N–H and O–H groups in total. The molecule has 0 spiro atoms. The zero-order valence-electron chi connectivity index (χ0n) is 12.7. The van der Waals surface area contributed by atoms with E-state index in [0.29, 0.717) is 0 Å². The standard InChI is InChI=1S/C19H22N2/c1-3-4-13-21(14-15-9-10-15)19-12-11-18(20-2)16-7-5-6-8-17(16)19/h5-8,11-12,15H,3-4,9-10,13-14H2,1H3. The van der Waals surface area contributed by atoms with Crippen molar-refractivity contribution in [2.75, 3.05) is 18.0 Å². The van der Waals surface area contributed by atoms with E-state index >= 15 is 0 Å². The fraction of sp³-hybridized carbons (Fsp3) is 0.421. The Balaban J connectivity index is 2.02. The summed E-state index contributed by atoms with van der Waals surface area (Å²) in [4.78, 5) is 6.20. The maximum absolute atomic E-state index is 7.35. The van der Waals surface area contributed by atoms with E-state index < -0.39 is 0 Å². The number of nitrogens with zero attached hydrogens (tertiary/aromatic N) is 2. The fourth-order valence-electron chi connectivity index (χ4n) is 2.91. The molecule has 1 aliphatic rings. The predicted octanol–water partition coefficient (Wildman–Crippen LogP) is 5.41. The Hall–Kier alpha value is -2.01. The van der Waals surface area contributed by atoms with E-state index in [1.807, 2.05) is 12.1 Å². The molecule has 21 heavy (non-hydrogen) atoms. The second-order valence-electron chi connectivity index (χ2n) is 6.00. The first-order valence-electron chi connectivity index (χ1n) is 7.97. The van der Waals surface area contributed by atoms with Gasteiger partial charge >= 0.3 is 0 Å². The average Bonchev–Trinajstić information content (AvgIpc) is 3.34. The molecule has 0 unspecified atom stereocenters. The predicted molar refractivity (Wildman–Crippen MR) is 90.1 cm³/mol. The topological polar surface area (TPSA) is 7.60 Å². The highest BCUT2D eigenvalue weighted by Gasteiger charge is 2.25. The first kappa shape index (κ1) is 13.9. The van der Waals surface area contributed by atoms with Gasteiger partial charge in [0.1, 0.15) is 0 Å². The van der Waals surface area contributed by atoms with Gasteiger partial charge < -0.3 is 4.90 Å². The van der Waals surface area contributed by atoms with E-state index in [-0.39, 0.29) is 0 Å². The summed E-state index contributed by atoms with van der Waals surface area (Å²) in [5.41, 5.74) is 2.06. The van der Waals surface area contributed by atoms with Gasteiger partial charge in [-0.1, -0.05) is 43.7 Å². The Kier molecular flexibility index (Phi) is 4.10. The number of hydrogen-bond acceptors (Lipinski definition) is 1. The third kappa shape index (κ3) is 3.03. The third-order valence-corrected chi connectivity index (χ3v) is 4.30. The number of unbranched alkanes of at least 4 members (excludes halogenated alkanes) is 1. The molecule has 108 valence electrons. The first-order valence-corrected chi connectivity index (χ1v) is 7.97. The molecule has 2 aromatic carbocycles. The van der Waals surface area contributed by atoms with Crippen molar-refractivity contribution in [2.24, 2.45) is 5.92 Å². The zero-order chi connectivity index (χ0) is 14.7. The molecule has 0 heterocycles. The summed E-state index contributed by atoms with van der Waals surface area (Å²) in [6.07, 6.45) is 5.20. The Labute approximate surface area is 127 Å². The highest BCUT2D eigenvalue weighted by molar-refractivity contribution is 6.02. The number of fused-ring (bicyclic) bond motifs is 1. The fourth-order valence-corrected chi connectivity index (χ4v) is 2.91. The lowest BCUT2D eigenvalue weighted by Gasteiger charge is -2.26. The molecule has 1 fully saturated rings. The molecule has 2 nitrogen and oxygen atoms in total. The van der Waals surface area contributed by atoms with Gasteiger partial charge in [-0.3, -0.25) is 0 Å². The quantitative estimate of drug-likeness (QED) is 0.641. The summed E-state index contributed by atoms with van der Waals surface area (Å²) in [5.74, 6) is 0.876. The minimum atomic E-state index is 0.760. The maximum Gasteiger partial charge on any atom is 0.195 e. The Morgan fingerprint density at radius 3 is 2.57 bits per heavy atom. The number of rotatable bonds is 6. The van der Waals surface area contributed by atoms with Crippen LogP contribution in [0.2, 0.25) is 0 Å². The molecule has 1 aliphatic carbocycles. The van der Waals surface area contributed by atoms with Crippen LogP contribution in [-0.4, -0.2) is 13.1 Å². The van der Waals surface area contributed by atoms with Gasteiger partial charge in [-0.05, 0) is 42.0 Å². The summed E-state index contributed by atoms with van der Waals surface area (Å²) >= 11 is 0. The van der Waals surface area contributed by atoms with Gasteiger partial charge in [0.05, 0.1) is 6.57 Å². The van der Waals surface area contributed by atoms with Crippen molar-refractivity contribution in [1.82, 2.24) is 0 Å². The zero-order valence-corrected chi connectivity index (χ0v) is 12.7. The van der Waals surface area contributed by atoms with Crippen LogP contribution in [0.5, 0.6) is 0 Å². The molecule has 1 saturated carbocycles.